The van der Waals surface area contributed by atoms with Gasteiger partial charge in [-0.05, 0) is 42.9 Å². The molecule has 1 saturated heterocycles. The summed E-state index contributed by atoms with van der Waals surface area (Å²) in [4.78, 5) is 27.1. The molecule has 3 rings (SSSR count). The monoisotopic (exact) mass is 394 g/mol. The molecule has 1 unspecified atom stereocenters. The molecule has 1 fully saturated rings. The van der Waals surface area contributed by atoms with Gasteiger partial charge in [-0.3, -0.25) is 9.59 Å². The highest BCUT2D eigenvalue weighted by molar-refractivity contribution is 5.85. The van der Waals surface area contributed by atoms with Crippen LogP contribution >= 0.6 is 0 Å². The number of piperidine rings is 1. The highest BCUT2D eigenvalue weighted by atomic mass is 16.5. The molecule has 0 spiro atoms. The third kappa shape index (κ3) is 4.85. The lowest BCUT2D eigenvalue weighted by Gasteiger charge is -2.41. The van der Waals surface area contributed by atoms with E-state index in [1.807, 2.05) is 6.07 Å². The number of likely N-dealkylation sites (tertiary alicyclic amines) is 1. The Morgan fingerprint density at radius 2 is 1.86 bits per heavy atom. The molecule has 0 aromatic heterocycles. The van der Waals surface area contributed by atoms with Crippen molar-refractivity contribution in [3.63, 3.8) is 0 Å². The molecule has 1 atom stereocenters. The minimum Gasteiger partial charge on any atom is -0.375 e. The molecule has 1 aliphatic heterocycles. The number of carbonyl (C=O) groups excluding carboxylic acids is 2. The highest BCUT2D eigenvalue weighted by Gasteiger charge is 2.43. The van der Waals surface area contributed by atoms with Gasteiger partial charge < -0.3 is 15.0 Å². The number of benzene rings is 2. The van der Waals surface area contributed by atoms with Gasteiger partial charge in [-0.15, -0.1) is 0 Å². The normalized spacial score (nSPS) is 19.1. The van der Waals surface area contributed by atoms with E-state index in [0.717, 1.165) is 24.0 Å². The van der Waals surface area contributed by atoms with E-state index >= 15 is 0 Å². The third-order valence-corrected chi connectivity index (χ3v) is 5.73. The number of carbonyl (C=O) groups is 2. The molecule has 0 bridgehead atoms. The van der Waals surface area contributed by atoms with E-state index in [1.165, 1.54) is 18.2 Å². The second kappa shape index (κ2) is 9.23. The third-order valence-electron chi connectivity index (χ3n) is 5.73. The van der Waals surface area contributed by atoms with Crippen LogP contribution < -0.4 is 5.32 Å². The Labute approximate surface area is 173 Å². The Bertz CT molecular complexity index is 880. The SMILES string of the molecule is CNC(=O)C1(Cc2cccc(-c3cccc(C)c3)c2)CCCN(C(=O)COC)C1. The van der Waals surface area contributed by atoms with Gasteiger partial charge in [0, 0.05) is 27.2 Å². The maximum absolute atomic E-state index is 12.9. The van der Waals surface area contributed by atoms with Gasteiger partial charge in [-0.2, -0.15) is 0 Å². The number of rotatable bonds is 6. The number of amides is 2. The Kier molecular flexibility index (Phi) is 6.70. The van der Waals surface area contributed by atoms with Crippen LogP contribution in [0.25, 0.3) is 11.1 Å². The Morgan fingerprint density at radius 3 is 2.55 bits per heavy atom. The molecule has 2 aromatic rings. The van der Waals surface area contributed by atoms with Gasteiger partial charge >= 0.3 is 0 Å². The molecule has 2 aromatic carbocycles. The van der Waals surface area contributed by atoms with Crippen LogP contribution in [0.15, 0.2) is 48.5 Å². The fourth-order valence-corrected chi connectivity index (χ4v) is 4.31. The summed E-state index contributed by atoms with van der Waals surface area (Å²) < 4.78 is 5.01. The van der Waals surface area contributed by atoms with E-state index in [2.05, 4.69) is 54.7 Å². The lowest BCUT2D eigenvalue weighted by atomic mass is 9.74. The molecular weight excluding hydrogens is 364 g/mol. The molecular formula is C24H30N2O3. The van der Waals surface area contributed by atoms with Gasteiger partial charge in [-0.1, -0.05) is 54.1 Å². The number of hydrogen-bond donors (Lipinski definition) is 1. The molecule has 1 aliphatic rings. The van der Waals surface area contributed by atoms with Crippen molar-refractivity contribution in [1.82, 2.24) is 10.2 Å². The van der Waals surface area contributed by atoms with Crippen LogP contribution in [0.1, 0.15) is 24.0 Å². The topological polar surface area (TPSA) is 58.6 Å². The fourth-order valence-electron chi connectivity index (χ4n) is 4.31. The average molecular weight is 395 g/mol. The van der Waals surface area contributed by atoms with Gasteiger partial charge in [0.15, 0.2) is 0 Å². The van der Waals surface area contributed by atoms with Gasteiger partial charge in [-0.25, -0.2) is 0 Å². The van der Waals surface area contributed by atoms with Gasteiger partial charge in [0.25, 0.3) is 0 Å². The molecule has 154 valence electrons. The molecule has 0 aliphatic carbocycles. The molecule has 0 saturated carbocycles. The summed E-state index contributed by atoms with van der Waals surface area (Å²) in [5.41, 5.74) is 4.01. The van der Waals surface area contributed by atoms with E-state index in [1.54, 1.807) is 11.9 Å². The standard InChI is InChI=1S/C24H30N2O3/c1-18-7-4-9-20(13-18)21-10-5-8-19(14-21)15-24(23(28)25-2)11-6-12-26(17-24)22(27)16-29-3/h4-5,7-10,13-14H,6,11-12,15-17H2,1-3H3,(H,25,28). The first-order valence-electron chi connectivity index (χ1n) is 10.1. The zero-order chi connectivity index (χ0) is 20.9. The van der Waals surface area contributed by atoms with Crippen LogP contribution in [0.3, 0.4) is 0 Å². The van der Waals surface area contributed by atoms with Crippen LogP contribution in [0.2, 0.25) is 0 Å². The molecule has 29 heavy (non-hydrogen) atoms. The quantitative estimate of drug-likeness (QED) is 0.819. The van der Waals surface area contributed by atoms with E-state index in [-0.39, 0.29) is 18.4 Å². The lowest BCUT2D eigenvalue weighted by molar-refractivity contribution is -0.143. The first-order valence-corrected chi connectivity index (χ1v) is 10.1. The summed E-state index contributed by atoms with van der Waals surface area (Å²) in [6.45, 7) is 3.22. The maximum atomic E-state index is 12.9. The van der Waals surface area contributed by atoms with E-state index in [9.17, 15) is 9.59 Å². The van der Waals surface area contributed by atoms with Crippen LogP contribution in [-0.2, 0) is 20.7 Å². The Hall–Kier alpha value is -2.66. The minimum absolute atomic E-state index is 0.00613. The second-order valence-electron chi connectivity index (χ2n) is 7.96. The summed E-state index contributed by atoms with van der Waals surface area (Å²) in [5, 5.41) is 2.83. The molecule has 2 amide bonds. The number of ether oxygens (including phenoxy) is 1. The average Bonchev–Trinajstić information content (AvgIpc) is 2.73. The van der Waals surface area contributed by atoms with E-state index in [4.69, 9.17) is 4.74 Å². The summed E-state index contributed by atoms with van der Waals surface area (Å²) in [7, 11) is 3.19. The molecule has 5 heteroatoms. The maximum Gasteiger partial charge on any atom is 0.248 e. The van der Waals surface area contributed by atoms with Gasteiger partial charge in [0.1, 0.15) is 6.61 Å². The smallest absolute Gasteiger partial charge is 0.248 e. The number of methoxy groups -OCH3 is 1. The van der Waals surface area contributed by atoms with Crippen molar-refractivity contribution in [3.05, 3.63) is 59.7 Å². The van der Waals surface area contributed by atoms with Gasteiger partial charge in [0.2, 0.25) is 11.8 Å². The van der Waals surface area contributed by atoms with Crippen molar-refractivity contribution in [1.29, 1.82) is 0 Å². The van der Waals surface area contributed by atoms with Crippen molar-refractivity contribution in [2.45, 2.75) is 26.2 Å². The van der Waals surface area contributed by atoms with Crippen molar-refractivity contribution >= 4 is 11.8 Å². The first-order chi connectivity index (χ1) is 14.0. The van der Waals surface area contributed by atoms with Gasteiger partial charge in [0.05, 0.1) is 5.41 Å². The molecule has 1 heterocycles. The Balaban J connectivity index is 1.88. The zero-order valence-electron chi connectivity index (χ0n) is 17.5. The number of nitrogens with zero attached hydrogens (tertiary/aromatic N) is 1. The Morgan fingerprint density at radius 1 is 1.14 bits per heavy atom. The van der Waals surface area contributed by atoms with Crippen LogP contribution in [0.4, 0.5) is 0 Å². The zero-order valence-corrected chi connectivity index (χ0v) is 17.5. The molecule has 1 N–H and O–H groups in total. The van der Waals surface area contributed by atoms with E-state index < -0.39 is 5.41 Å². The van der Waals surface area contributed by atoms with E-state index in [0.29, 0.717) is 19.5 Å². The largest absolute Gasteiger partial charge is 0.375 e. The fraction of sp³-hybridized carbons (Fsp3) is 0.417. The summed E-state index contributed by atoms with van der Waals surface area (Å²) in [6.07, 6.45) is 2.17. The molecule has 0 radical (unpaired) electrons. The number of hydrogen-bond acceptors (Lipinski definition) is 3. The van der Waals surface area contributed by atoms with Crippen LogP contribution in [0.5, 0.6) is 0 Å². The van der Waals surface area contributed by atoms with Crippen molar-refractivity contribution < 1.29 is 14.3 Å². The molecule has 5 nitrogen and oxygen atoms in total. The number of nitrogens with one attached hydrogen (secondary N) is 1. The predicted octanol–water partition coefficient (Wildman–Crippen LogP) is 3.21. The predicted molar refractivity (Wildman–Crippen MR) is 115 cm³/mol. The minimum atomic E-state index is -0.623. The van der Waals surface area contributed by atoms with Crippen molar-refractivity contribution in [3.8, 4) is 11.1 Å². The lowest BCUT2D eigenvalue weighted by Crippen LogP contribution is -2.54. The van der Waals surface area contributed by atoms with Crippen LogP contribution in [0, 0.1) is 12.3 Å². The van der Waals surface area contributed by atoms with Crippen molar-refractivity contribution in [2.75, 3.05) is 33.9 Å². The number of aryl methyl sites for hydroxylation is 1. The summed E-state index contributed by atoms with van der Waals surface area (Å²) in [5.74, 6) is -0.0673. The van der Waals surface area contributed by atoms with Crippen LogP contribution in [-0.4, -0.2) is 50.6 Å². The summed E-state index contributed by atoms with van der Waals surface area (Å²) >= 11 is 0. The second-order valence-corrected chi connectivity index (χ2v) is 7.96. The highest BCUT2D eigenvalue weighted by Crippen LogP contribution is 2.35. The first kappa shape index (κ1) is 21.1. The summed E-state index contributed by atoms with van der Waals surface area (Å²) in [6, 6.07) is 16.8. The van der Waals surface area contributed by atoms with Crippen molar-refractivity contribution in [2.24, 2.45) is 5.41 Å².